The maximum absolute atomic E-state index is 13.0. The van der Waals surface area contributed by atoms with Crippen molar-refractivity contribution in [1.82, 2.24) is 4.90 Å². The molecule has 1 aromatic rings. The van der Waals surface area contributed by atoms with Crippen LogP contribution in [0.1, 0.15) is 19.8 Å². The number of likely N-dealkylation sites (tertiary alicyclic amines) is 1. The first-order chi connectivity index (χ1) is 10.5. The van der Waals surface area contributed by atoms with Gasteiger partial charge in [-0.1, -0.05) is 0 Å². The van der Waals surface area contributed by atoms with Gasteiger partial charge in [-0.3, -0.25) is 14.5 Å². The molecule has 5 nitrogen and oxygen atoms in total. The summed E-state index contributed by atoms with van der Waals surface area (Å²) in [7, 11) is 0. The van der Waals surface area contributed by atoms with Crippen molar-refractivity contribution >= 4 is 17.5 Å². The van der Waals surface area contributed by atoms with Crippen molar-refractivity contribution in [2.45, 2.75) is 19.8 Å². The van der Waals surface area contributed by atoms with Crippen LogP contribution >= 0.6 is 0 Å². The fraction of sp³-hybridized carbons (Fsp3) is 0.500. The van der Waals surface area contributed by atoms with Crippen LogP contribution in [0.2, 0.25) is 0 Å². The lowest BCUT2D eigenvalue weighted by Crippen LogP contribution is -2.46. The number of amides is 2. The Labute approximate surface area is 129 Å². The maximum Gasteiger partial charge on any atom is 0.241 e. The second-order valence-corrected chi connectivity index (χ2v) is 5.59. The summed E-state index contributed by atoms with van der Waals surface area (Å²) < 4.78 is 13.0. The molecule has 0 bridgehead atoms. The molecule has 0 aliphatic carbocycles. The molecule has 6 heteroatoms. The summed E-state index contributed by atoms with van der Waals surface area (Å²) in [6.45, 7) is 3.95. The highest BCUT2D eigenvalue weighted by molar-refractivity contribution is 5.94. The number of primary amides is 1. The van der Waals surface area contributed by atoms with Crippen LogP contribution in [0.25, 0.3) is 0 Å². The van der Waals surface area contributed by atoms with Crippen molar-refractivity contribution in [1.29, 1.82) is 0 Å². The Kier molecular flexibility index (Phi) is 5.49. The number of nitrogens with zero attached hydrogens (tertiary/aromatic N) is 2. The van der Waals surface area contributed by atoms with E-state index in [4.69, 9.17) is 5.73 Å². The zero-order valence-corrected chi connectivity index (χ0v) is 12.8. The first kappa shape index (κ1) is 16.4. The summed E-state index contributed by atoms with van der Waals surface area (Å²) in [5, 5.41) is 0. The summed E-state index contributed by atoms with van der Waals surface area (Å²) in [5.74, 6) is -0.864. The van der Waals surface area contributed by atoms with Crippen LogP contribution in [-0.4, -0.2) is 42.9 Å². The van der Waals surface area contributed by atoms with E-state index in [0.717, 1.165) is 19.4 Å². The molecule has 0 aromatic heterocycles. The number of likely N-dealkylation sites (N-methyl/N-ethyl adjacent to an activating group) is 1. The number of carbonyl (C=O) groups excluding carboxylic acids is 2. The zero-order valence-electron chi connectivity index (χ0n) is 12.8. The number of rotatable bonds is 5. The quantitative estimate of drug-likeness (QED) is 0.893. The van der Waals surface area contributed by atoms with Crippen LogP contribution in [0.15, 0.2) is 24.3 Å². The van der Waals surface area contributed by atoms with Gasteiger partial charge in [-0.15, -0.1) is 0 Å². The van der Waals surface area contributed by atoms with Crippen LogP contribution in [0.3, 0.4) is 0 Å². The monoisotopic (exact) mass is 307 g/mol. The molecule has 1 saturated heterocycles. The molecule has 1 aliphatic rings. The lowest BCUT2D eigenvalue weighted by atomic mass is 9.97. The smallest absolute Gasteiger partial charge is 0.241 e. The maximum atomic E-state index is 13.0. The molecular weight excluding hydrogens is 285 g/mol. The van der Waals surface area contributed by atoms with Gasteiger partial charge in [0, 0.05) is 18.8 Å². The Morgan fingerprint density at radius 2 is 2.05 bits per heavy atom. The Hall–Kier alpha value is -1.95. The summed E-state index contributed by atoms with van der Waals surface area (Å²) in [6, 6.07) is 5.88. The van der Waals surface area contributed by atoms with Crippen molar-refractivity contribution in [3.8, 4) is 0 Å². The van der Waals surface area contributed by atoms with Crippen LogP contribution in [0.4, 0.5) is 10.1 Å². The van der Waals surface area contributed by atoms with Gasteiger partial charge < -0.3 is 10.6 Å². The van der Waals surface area contributed by atoms with Gasteiger partial charge in [0.2, 0.25) is 11.8 Å². The first-order valence-corrected chi connectivity index (χ1v) is 7.59. The van der Waals surface area contributed by atoms with E-state index in [-0.39, 0.29) is 30.1 Å². The molecule has 1 aromatic carbocycles. The molecular formula is C16H22FN3O2. The van der Waals surface area contributed by atoms with Gasteiger partial charge in [0.05, 0.1) is 12.5 Å². The van der Waals surface area contributed by atoms with Crippen molar-refractivity contribution in [2.75, 3.05) is 31.1 Å². The summed E-state index contributed by atoms with van der Waals surface area (Å²) in [4.78, 5) is 27.4. The van der Waals surface area contributed by atoms with Gasteiger partial charge in [-0.05, 0) is 50.6 Å². The number of benzene rings is 1. The predicted molar refractivity (Wildman–Crippen MR) is 82.8 cm³/mol. The highest BCUT2D eigenvalue weighted by Gasteiger charge is 2.26. The van der Waals surface area contributed by atoms with Crippen molar-refractivity contribution < 1.29 is 14.0 Å². The van der Waals surface area contributed by atoms with Crippen molar-refractivity contribution in [2.24, 2.45) is 11.7 Å². The van der Waals surface area contributed by atoms with Gasteiger partial charge in [0.25, 0.3) is 0 Å². The molecule has 1 aliphatic heterocycles. The number of piperidine rings is 1. The minimum absolute atomic E-state index is 0.0563. The minimum atomic E-state index is -0.326. The SMILES string of the molecule is CCN(C(=O)CN1CCCC(C(N)=O)C1)c1ccc(F)cc1. The summed E-state index contributed by atoms with van der Waals surface area (Å²) in [5.41, 5.74) is 6.03. The van der Waals surface area contributed by atoms with Gasteiger partial charge in [0.15, 0.2) is 0 Å². The van der Waals surface area contributed by atoms with Crippen molar-refractivity contribution in [3.63, 3.8) is 0 Å². The summed E-state index contributed by atoms with van der Waals surface area (Å²) >= 11 is 0. The van der Waals surface area contributed by atoms with Crippen LogP contribution in [0, 0.1) is 11.7 Å². The number of hydrogen-bond acceptors (Lipinski definition) is 3. The van der Waals surface area contributed by atoms with Crippen LogP contribution in [-0.2, 0) is 9.59 Å². The molecule has 1 atom stereocenters. The number of halogens is 1. The third kappa shape index (κ3) is 4.04. The topological polar surface area (TPSA) is 66.6 Å². The number of hydrogen-bond donors (Lipinski definition) is 1. The van der Waals surface area contributed by atoms with Gasteiger partial charge >= 0.3 is 0 Å². The molecule has 2 amide bonds. The normalized spacial score (nSPS) is 18.9. The number of anilines is 1. The van der Waals surface area contributed by atoms with E-state index in [0.29, 0.717) is 18.8 Å². The Morgan fingerprint density at radius 3 is 2.64 bits per heavy atom. The molecule has 1 heterocycles. The molecule has 120 valence electrons. The average molecular weight is 307 g/mol. The van der Waals surface area contributed by atoms with E-state index in [1.165, 1.54) is 12.1 Å². The second kappa shape index (κ2) is 7.35. The second-order valence-electron chi connectivity index (χ2n) is 5.59. The largest absolute Gasteiger partial charge is 0.369 e. The molecule has 0 spiro atoms. The molecule has 2 N–H and O–H groups in total. The molecule has 1 fully saturated rings. The van der Waals surface area contributed by atoms with Crippen LogP contribution < -0.4 is 10.6 Å². The van der Waals surface area contributed by atoms with Gasteiger partial charge in [0.1, 0.15) is 5.82 Å². The molecule has 0 radical (unpaired) electrons. The highest BCUT2D eigenvalue weighted by atomic mass is 19.1. The molecule has 2 rings (SSSR count). The number of carbonyl (C=O) groups is 2. The lowest BCUT2D eigenvalue weighted by molar-refractivity contribution is -0.125. The van der Waals surface area contributed by atoms with Crippen molar-refractivity contribution in [3.05, 3.63) is 30.1 Å². The van der Waals surface area contributed by atoms with E-state index < -0.39 is 0 Å². The van der Waals surface area contributed by atoms with E-state index in [1.807, 2.05) is 11.8 Å². The molecule has 22 heavy (non-hydrogen) atoms. The minimum Gasteiger partial charge on any atom is -0.369 e. The van der Waals surface area contributed by atoms with E-state index >= 15 is 0 Å². The lowest BCUT2D eigenvalue weighted by Gasteiger charge is -2.32. The third-order valence-corrected chi connectivity index (χ3v) is 4.02. The third-order valence-electron chi connectivity index (χ3n) is 4.02. The number of nitrogens with two attached hydrogens (primary N) is 1. The first-order valence-electron chi connectivity index (χ1n) is 7.59. The van der Waals surface area contributed by atoms with Crippen LogP contribution in [0.5, 0.6) is 0 Å². The predicted octanol–water partition coefficient (Wildman–Crippen LogP) is 1.38. The average Bonchev–Trinajstić information content (AvgIpc) is 2.50. The van der Waals surface area contributed by atoms with E-state index in [9.17, 15) is 14.0 Å². The zero-order chi connectivity index (χ0) is 16.1. The highest BCUT2D eigenvalue weighted by Crippen LogP contribution is 2.18. The van der Waals surface area contributed by atoms with E-state index in [1.54, 1.807) is 17.0 Å². The van der Waals surface area contributed by atoms with E-state index in [2.05, 4.69) is 0 Å². The molecule has 0 saturated carbocycles. The Bertz CT molecular complexity index is 533. The fourth-order valence-corrected chi connectivity index (χ4v) is 2.83. The fourth-order valence-electron chi connectivity index (χ4n) is 2.83. The summed E-state index contributed by atoms with van der Waals surface area (Å²) in [6.07, 6.45) is 1.65. The standard InChI is InChI=1S/C16H22FN3O2/c1-2-20(14-7-5-13(17)6-8-14)15(21)11-19-9-3-4-12(10-19)16(18)22/h5-8,12H,2-4,9-11H2,1H3,(H2,18,22). The Morgan fingerprint density at radius 1 is 1.36 bits per heavy atom. The van der Waals surface area contributed by atoms with Gasteiger partial charge in [-0.25, -0.2) is 4.39 Å². The van der Waals surface area contributed by atoms with Gasteiger partial charge in [-0.2, -0.15) is 0 Å². The molecule has 1 unspecified atom stereocenters. The Balaban J connectivity index is 2.00.